The van der Waals surface area contributed by atoms with E-state index in [0.717, 1.165) is 5.69 Å². The molecule has 1 atom stereocenters. The zero-order valence-electron chi connectivity index (χ0n) is 18.1. The molecule has 9 heteroatoms. The van der Waals surface area contributed by atoms with Gasteiger partial charge in [0.05, 0.1) is 12.7 Å². The van der Waals surface area contributed by atoms with Crippen LogP contribution >= 0.6 is 0 Å². The van der Waals surface area contributed by atoms with E-state index >= 15 is 0 Å². The predicted octanol–water partition coefficient (Wildman–Crippen LogP) is 2.66. The smallest absolute Gasteiger partial charge is 0.411 e. The van der Waals surface area contributed by atoms with Gasteiger partial charge in [-0.1, -0.05) is 19.9 Å². The second kappa shape index (κ2) is 12.7. The van der Waals surface area contributed by atoms with Crippen LogP contribution in [-0.2, 0) is 16.0 Å². The minimum absolute atomic E-state index is 0.123. The standard InChI is InChI=1S/C23H27N5O4/c1-16(2)15-20(22(30)26-13-11-24)28-21(29)17-6-8-19(9-7-17)27-23(31)32-14-10-18-5-3-4-12-25-18/h3-9,12,16,20H,10,13-15H2,1-2H3,(H,26,30)(H,27,31)(H,28,29)/t20-/m0/s1. The van der Waals surface area contributed by atoms with Gasteiger partial charge in [-0.2, -0.15) is 5.26 Å². The van der Waals surface area contributed by atoms with Crippen molar-refractivity contribution in [3.05, 3.63) is 59.9 Å². The number of aromatic nitrogens is 1. The first-order valence-corrected chi connectivity index (χ1v) is 10.3. The van der Waals surface area contributed by atoms with Crippen molar-refractivity contribution in [2.24, 2.45) is 5.92 Å². The zero-order chi connectivity index (χ0) is 23.3. The van der Waals surface area contributed by atoms with Crippen LogP contribution < -0.4 is 16.0 Å². The topological polar surface area (TPSA) is 133 Å². The molecular weight excluding hydrogens is 410 g/mol. The molecule has 0 radical (unpaired) electrons. The number of nitrogens with one attached hydrogen (secondary N) is 3. The number of pyridine rings is 1. The maximum absolute atomic E-state index is 12.6. The SMILES string of the molecule is CC(C)C[C@H](NC(=O)c1ccc(NC(=O)OCCc2ccccn2)cc1)C(=O)NCC#N. The maximum Gasteiger partial charge on any atom is 0.411 e. The molecule has 0 saturated carbocycles. The van der Waals surface area contributed by atoms with Crippen LogP contribution in [-0.4, -0.2) is 42.1 Å². The second-order valence-corrected chi connectivity index (χ2v) is 7.44. The molecule has 3 N–H and O–H groups in total. The number of rotatable bonds is 10. The molecule has 0 saturated heterocycles. The van der Waals surface area contributed by atoms with Gasteiger partial charge in [0.15, 0.2) is 0 Å². The van der Waals surface area contributed by atoms with Gasteiger partial charge in [0, 0.05) is 29.6 Å². The zero-order valence-corrected chi connectivity index (χ0v) is 18.1. The summed E-state index contributed by atoms with van der Waals surface area (Å²) in [4.78, 5) is 40.9. The fraction of sp³-hybridized carbons (Fsp3) is 0.348. The molecule has 1 heterocycles. The number of hydrogen-bond acceptors (Lipinski definition) is 6. The Hall–Kier alpha value is -3.93. The van der Waals surface area contributed by atoms with Crippen molar-refractivity contribution >= 4 is 23.6 Å². The van der Waals surface area contributed by atoms with Crippen molar-refractivity contribution < 1.29 is 19.1 Å². The van der Waals surface area contributed by atoms with E-state index in [1.54, 1.807) is 30.5 Å². The average Bonchev–Trinajstić information content (AvgIpc) is 2.77. The van der Waals surface area contributed by atoms with E-state index in [-0.39, 0.29) is 19.1 Å². The van der Waals surface area contributed by atoms with E-state index < -0.39 is 23.9 Å². The molecule has 1 aromatic carbocycles. The Morgan fingerprint density at radius 2 is 1.88 bits per heavy atom. The molecule has 3 amide bonds. The van der Waals surface area contributed by atoms with Crippen LogP contribution in [0.3, 0.4) is 0 Å². The summed E-state index contributed by atoms with van der Waals surface area (Å²) in [5.41, 5.74) is 1.63. The summed E-state index contributed by atoms with van der Waals surface area (Å²) in [6, 6.07) is 12.8. The summed E-state index contributed by atoms with van der Waals surface area (Å²) in [6.45, 7) is 3.94. The Kier molecular flexibility index (Phi) is 9.66. The first kappa shape index (κ1) is 24.3. The summed E-state index contributed by atoms with van der Waals surface area (Å²) >= 11 is 0. The van der Waals surface area contributed by atoms with Crippen molar-refractivity contribution in [1.29, 1.82) is 5.26 Å². The van der Waals surface area contributed by atoms with Crippen LogP contribution in [0.4, 0.5) is 10.5 Å². The summed E-state index contributed by atoms with van der Waals surface area (Å²) in [7, 11) is 0. The number of hydrogen-bond donors (Lipinski definition) is 3. The molecule has 0 bridgehead atoms. The predicted molar refractivity (Wildman–Crippen MR) is 119 cm³/mol. The van der Waals surface area contributed by atoms with Crippen molar-refractivity contribution in [2.45, 2.75) is 32.7 Å². The molecule has 0 fully saturated rings. The quantitative estimate of drug-likeness (QED) is 0.489. The molecule has 32 heavy (non-hydrogen) atoms. The Bertz CT molecular complexity index is 939. The highest BCUT2D eigenvalue weighted by Crippen LogP contribution is 2.12. The van der Waals surface area contributed by atoms with E-state index in [2.05, 4.69) is 20.9 Å². The largest absolute Gasteiger partial charge is 0.449 e. The average molecular weight is 438 g/mol. The number of amides is 3. The van der Waals surface area contributed by atoms with Gasteiger partial charge in [0.25, 0.3) is 5.91 Å². The highest BCUT2D eigenvalue weighted by atomic mass is 16.5. The first-order chi connectivity index (χ1) is 15.4. The second-order valence-electron chi connectivity index (χ2n) is 7.44. The molecule has 2 rings (SSSR count). The number of benzene rings is 1. The van der Waals surface area contributed by atoms with Crippen molar-refractivity contribution in [3.8, 4) is 6.07 Å². The van der Waals surface area contributed by atoms with Crippen LogP contribution in [0, 0.1) is 17.2 Å². The fourth-order valence-electron chi connectivity index (χ4n) is 2.85. The Labute approximate surface area is 187 Å². The van der Waals surface area contributed by atoms with Crippen molar-refractivity contribution in [1.82, 2.24) is 15.6 Å². The van der Waals surface area contributed by atoms with E-state index in [1.165, 1.54) is 0 Å². The first-order valence-electron chi connectivity index (χ1n) is 10.3. The highest BCUT2D eigenvalue weighted by molar-refractivity contribution is 5.98. The summed E-state index contributed by atoms with van der Waals surface area (Å²) in [5.74, 6) is -0.657. The molecule has 168 valence electrons. The van der Waals surface area contributed by atoms with Crippen molar-refractivity contribution in [2.75, 3.05) is 18.5 Å². The lowest BCUT2D eigenvalue weighted by Crippen LogP contribution is -2.47. The molecule has 9 nitrogen and oxygen atoms in total. The highest BCUT2D eigenvalue weighted by Gasteiger charge is 2.22. The van der Waals surface area contributed by atoms with Gasteiger partial charge in [-0.3, -0.25) is 19.9 Å². The van der Waals surface area contributed by atoms with Crippen LogP contribution in [0.25, 0.3) is 0 Å². The van der Waals surface area contributed by atoms with Crippen LogP contribution in [0.5, 0.6) is 0 Å². The molecular formula is C23H27N5O4. The summed E-state index contributed by atoms with van der Waals surface area (Å²) in [5, 5.41) is 16.4. The lowest BCUT2D eigenvalue weighted by molar-refractivity contribution is -0.123. The third-order valence-electron chi connectivity index (χ3n) is 4.38. The molecule has 0 unspecified atom stereocenters. The van der Waals surface area contributed by atoms with E-state index in [0.29, 0.717) is 24.1 Å². The monoisotopic (exact) mass is 437 g/mol. The molecule has 0 aliphatic carbocycles. The van der Waals surface area contributed by atoms with Crippen LogP contribution in [0.15, 0.2) is 48.7 Å². The van der Waals surface area contributed by atoms with Crippen molar-refractivity contribution in [3.63, 3.8) is 0 Å². The number of nitriles is 1. The van der Waals surface area contributed by atoms with Gasteiger partial charge in [-0.15, -0.1) is 0 Å². The van der Waals surface area contributed by atoms with E-state index in [1.807, 2.05) is 38.1 Å². The number of carbonyl (C=O) groups is 3. The summed E-state index contributed by atoms with van der Waals surface area (Å²) in [6.07, 6.45) is 2.01. The Balaban J connectivity index is 1.86. The lowest BCUT2D eigenvalue weighted by atomic mass is 10.0. The van der Waals surface area contributed by atoms with Crippen LogP contribution in [0.2, 0.25) is 0 Å². The Morgan fingerprint density at radius 3 is 2.50 bits per heavy atom. The van der Waals surface area contributed by atoms with Gasteiger partial charge in [-0.05, 0) is 48.7 Å². The number of ether oxygens (including phenoxy) is 1. The third kappa shape index (κ3) is 8.44. The normalized spacial score (nSPS) is 11.2. The van der Waals surface area contributed by atoms with E-state index in [4.69, 9.17) is 10.00 Å². The van der Waals surface area contributed by atoms with Gasteiger partial charge in [0.2, 0.25) is 5.91 Å². The third-order valence-corrected chi connectivity index (χ3v) is 4.38. The minimum Gasteiger partial charge on any atom is -0.449 e. The van der Waals surface area contributed by atoms with Gasteiger partial charge < -0.3 is 15.4 Å². The molecule has 1 aromatic heterocycles. The van der Waals surface area contributed by atoms with Gasteiger partial charge in [-0.25, -0.2) is 4.79 Å². The molecule has 0 aliphatic rings. The van der Waals surface area contributed by atoms with Crippen LogP contribution in [0.1, 0.15) is 36.3 Å². The number of carbonyl (C=O) groups excluding carboxylic acids is 3. The molecule has 2 aromatic rings. The molecule has 0 aliphatic heterocycles. The fourth-order valence-corrected chi connectivity index (χ4v) is 2.85. The Morgan fingerprint density at radius 1 is 1.12 bits per heavy atom. The van der Waals surface area contributed by atoms with Gasteiger partial charge in [0.1, 0.15) is 12.6 Å². The minimum atomic E-state index is -0.747. The number of anilines is 1. The summed E-state index contributed by atoms with van der Waals surface area (Å²) < 4.78 is 5.14. The van der Waals surface area contributed by atoms with E-state index in [9.17, 15) is 14.4 Å². The molecule has 0 spiro atoms. The lowest BCUT2D eigenvalue weighted by Gasteiger charge is -2.19. The number of nitrogens with zero attached hydrogens (tertiary/aromatic N) is 2. The van der Waals surface area contributed by atoms with Gasteiger partial charge >= 0.3 is 6.09 Å². The maximum atomic E-state index is 12.6.